The lowest BCUT2D eigenvalue weighted by Crippen LogP contribution is -1.89. The molecule has 14 heavy (non-hydrogen) atoms. The van der Waals surface area contributed by atoms with Gasteiger partial charge in [0.25, 0.3) is 0 Å². The molecule has 0 aliphatic carbocycles. The van der Waals surface area contributed by atoms with Crippen LogP contribution in [0.4, 0.5) is 5.82 Å². The summed E-state index contributed by atoms with van der Waals surface area (Å²) in [6.07, 6.45) is 1.72. The number of rotatable bonds is 1. The van der Waals surface area contributed by atoms with Crippen LogP contribution in [0.1, 0.15) is 11.5 Å². The molecule has 0 bridgehead atoms. The van der Waals surface area contributed by atoms with Gasteiger partial charge in [0.05, 0.1) is 5.69 Å². The van der Waals surface area contributed by atoms with E-state index in [-0.39, 0.29) is 0 Å². The molecule has 2 aromatic heterocycles. The minimum atomic E-state index is 0.514. The van der Waals surface area contributed by atoms with Crippen molar-refractivity contribution in [3.8, 4) is 11.1 Å². The van der Waals surface area contributed by atoms with E-state index in [1.165, 1.54) is 0 Å². The molecule has 72 valence electrons. The normalized spacial score (nSPS) is 10.4. The van der Waals surface area contributed by atoms with Crippen LogP contribution in [-0.4, -0.2) is 10.1 Å². The topological polar surface area (TPSA) is 64.9 Å². The fourth-order valence-corrected chi connectivity index (χ4v) is 1.45. The summed E-state index contributed by atoms with van der Waals surface area (Å²) in [7, 11) is 0. The molecule has 2 heterocycles. The summed E-state index contributed by atoms with van der Waals surface area (Å²) in [5, 5.41) is 3.88. The largest absolute Gasteiger partial charge is 0.384 e. The van der Waals surface area contributed by atoms with Crippen molar-refractivity contribution in [1.82, 2.24) is 10.1 Å². The number of hydrogen-bond acceptors (Lipinski definition) is 4. The molecule has 4 nitrogen and oxygen atoms in total. The zero-order valence-corrected chi connectivity index (χ0v) is 8.11. The van der Waals surface area contributed by atoms with Crippen molar-refractivity contribution in [2.45, 2.75) is 13.8 Å². The first-order valence-electron chi connectivity index (χ1n) is 4.33. The van der Waals surface area contributed by atoms with Crippen molar-refractivity contribution in [1.29, 1.82) is 0 Å². The number of anilines is 1. The SMILES string of the molecule is Cc1noc(C)c1-c1ccc(N)nc1. The van der Waals surface area contributed by atoms with Crippen LogP contribution in [0.2, 0.25) is 0 Å². The maximum absolute atomic E-state index is 5.51. The Balaban J connectivity index is 2.54. The van der Waals surface area contributed by atoms with Crippen molar-refractivity contribution in [3.05, 3.63) is 29.8 Å². The maximum atomic E-state index is 5.51. The predicted molar refractivity (Wildman–Crippen MR) is 53.6 cm³/mol. The van der Waals surface area contributed by atoms with Crippen molar-refractivity contribution in [2.24, 2.45) is 0 Å². The summed E-state index contributed by atoms with van der Waals surface area (Å²) >= 11 is 0. The second-order valence-electron chi connectivity index (χ2n) is 3.17. The third-order valence-electron chi connectivity index (χ3n) is 2.11. The van der Waals surface area contributed by atoms with E-state index in [0.717, 1.165) is 22.6 Å². The number of hydrogen-bond donors (Lipinski definition) is 1. The molecule has 0 aliphatic heterocycles. The minimum absolute atomic E-state index is 0.514. The Hall–Kier alpha value is -1.84. The quantitative estimate of drug-likeness (QED) is 0.744. The maximum Gasteiger partial charge on any atom is 0.141 e. The molecule has 0 aromatic carbocycles. The molecule has 0 aliphatic rings. The van der Waals surface area contributed by atoms with Crippen molar-refractivity contribution in [3.63, 3.8) is 0 Å². The van der Waals surface area contributed by atoms with E-state index in [1.807, 2.05) is 19.9 Å². The number of aryl methyl sites for hydroxylation is 2. The highest BCUT2D eigenvalue weighted by molar-refractivity contribution is 5.67. The van der Waals surface area contributed by atoms with Crippen LogP contribution in [0, 0.1) is 13.8 Å². The fraction of sp³-hybridized carbons (Fsp3) is 0.200. The van der Waals surface area contributed by atoms with Gasteiger partial charge in [0, 0.05) is 17.3 Å². The number of nitrogen functional groups attached to an aromatic ring is 1. The van der Waals surface area contributed by atoms with Gasteiger partial charge in [-0.2, -0.15) is 0 Å². The van der Waals surface area contributed by atoms with E-state index >= 15 is 0 Å². The van der Waals surface area contributed by atoms with Gasteiger partial charge in [-0.3, -0.25) is 0 Å². The van der Waals surface area contributed by atoms with E-state index in [0.29, 0.717) is 5.82 Å². The van der Waals surface area contributed by atoms with Crippen LogP contribution in [-0.2, 0) is 0 Å². The molecule has 0 unspecified atom stereocenters. The lowest BCUT2D eigenvalue weighted by atomic mass is 10.1. The van der Waals surface area contributed by atoms with Crippen molar-refractivity contribution in [2.75, 3.05) is 5.73 Å². The first-order valence-corrected chi connectivity index (χ1v) is 4.33. The summed E-state index contributed by atoms with van der Waals surface area (Å²) in [6, 6.07) is 3.68. The molecule has 0 atom stereocenters. The molecule has 0 spiro atoms. The van der Waals surface area contributed by atoms with E-state index in [1.54, 1.807) is 12.3 Å². The van der Waals surface area contributed by atoms with Crippen LogP contribution in [0.5, 0.6) is 0 Å². The first-order chi connectivity index (χ1) is 6.68. The van der Waals surface area contributed by atoms with E-state index in [9.17, 15) is 0 Å². The molecular formula is C10H11N3O. The minimum Gasteiger partial charge on any atom is -0.384 e. The first kappa shape index (κ1) is 8.74. The Morgan fingerprint density at radius 3 is 2.57 bits per heavy atom. The molecular weight excluding hydrogens is 178 g/mol. The number of nitrogens with zero attached hydrogens (tertiary/aromatic N) is 2. The van der Waals surface area contributed by atoms with Gasteiger partial charge < -0.3 is 10.3 Å². The monoisotopic (exact) mass is 189 g/mol. The summed E-state index contributed by atoms with van der Waals surface area (Å²) < 4.78 is 5.07. The van der Waals surface area contributed by atoms with Crippen LogP contribution in [0.15, 0.2) is 22.9 Å². The van der Waals surface area contributed by atoms with Gasteiger partial charge in [-0.15, -0.1) is 0 Å². The smallest absolute Gasteiger partial charge is 0.141 e. The van der Waals surface area contributed by atoms with Gasteiger partial charge in [0.2, 0.25) is 0 Å². The highest BCUT2D eigenvalue weighted by Crippen LogP contribution is 2.26. The molecule has 0 fully saturated rings. The van der Waals surface area contributed by atoms with Gasteiger partial charge in [-0.1, -0.05) is 5.16 Å². The lowest BCUT2D eigenvalue weighted by Gasteiger charge is -1.99. The van der Waals surface area contributed by atoms with Crippen LogP contribution >= 0.6 is 0 Å². The molecule has 0 amide bonds. The van der Waals surface area contributed by atoms with Gasteiger partial charge in [-0.25, -0.2) is 4.98 Å². The summed E-state index contributed by atoms with van der Waals surface area (Å²) in [6.45, 7) is 3.79. The molecule has 4 heteroatoms. The highest BCUT2D eigenvalue weighted by Gasteiger charge is 2.10. The zero-order chi connectivity index (χ0) is 10.1. The Labute approximate surface area is 81.7 Å². The summed E-state index contributed by atoms with van der Waals surface area (Å²) in [5.41, 5.74) is 8.36. The zero-order valence-electron chi connectivity index (χ0n) is 8.11. The predicted octanol–water partition coefficient (Wildman–Crippen LogP) is 1.94. The van der Waals surface area contributed by atoms with Crippen molar-refractivity contribution < 1.29 is 4.52 Å². The number of nitrogens with two attached hydrogens (primary N) is 1. The van der Waals surface area contributed by atoms with E-state index < -0.39 is 0 Å². The van der Waals surface area contributed by atoms with Gasteiger partial charge in [0.1, 0.15) is 11.6 Å². The molecule has 0 saturated carbocycles. The van der Waals surface area contributed by atoms with E-state index in [4.69, 9.17) is 10.3 Å². The molecule has 2 aromatic rings. The Morgan fingerprint density at radius 2 is 2.07 bits per heavy atom. The second-order valence-corrected chi connectivity index (χ2v) is 3.17. The third-order valence-corrected chi connectivity index (χ3v) is 2.11. The Kier molecular flexibility index (Phi) is 1.96. The van der Waals surface area contributed by atoms with E-state index in [2.05, 4.69) is 10.1 Å². The molecule has 0 radical (unpaired) electrons. The fourth-order valence-electron chi connectivity index (χ4n) is 1.45. The van der Waals surface area contributed by atoms with Crippen LogP contribution in [0.25, 0.3) is 11.1 Å². The number of aromatic nitrogens is 2. The highest BCUT2D eigenvalue weighted by atomic mass is 16.5. The van der Waals surface area contributed by atoms with Crippen LogP contribution < -0.4 is 5.73 Å². The average Bonchev–Trinajstić information content (AvgIpc) is 2.49. The standard InChI is InChI=1S/C10H11N3O/c1-6-10(7(2)14-13-6)8-3-4-9(11)12-5-8/h3-5H,1-2H3,(H2,11,12). The number of pyridine rings is 1. The molecule has 0 saturated heterocycles. The summed E-state index contributed by atoms with van der Waals surface area (Å²) in [4.78, 5) is 4.03. The Bertz CT molecular complexity index is 425. The Morgan fingerprint density at radius 1 is 1.29 bits per heavy atom. The average molecular weight is 189 g/mol. The van der Waals surface area contributed by atoms with Gasteiger partial charge in [-0.05, 0) is 26.0 Å². The van der Waals surface area contributed by atoms with Crippen LogP contribution in [0.3, 0.4) is 0 Å². The molecule has 2 N–H and O–H groups in total. The van der Waals surface area contributed by atoms with Gasteiger partial charge >= 0.3 is 0 Å². The molecule has 2 rings (SSSR count). The third kappa shape index (κ3) is 1.35. The summed E-state index contributed by atoms with van der Waals surface area (Å²) in [5.74, 6) is 1.31. The second kappa shape index (κ2) is 3.14. The lowest BCUT2D eigenvalue weighted by molar-refractivity contribution is 0.393. The van der Waals surface area contributed by atoms with Gasteiger partial charge in [0.15, 0.2) is 0 Å². The van der Waals surface area contributed by atoms with Crippen molar-refractivity contribution >= 4 is 5.82 Å².